The number of hydrogen-bond acceptors (Lipinski definition) is 16. The van der Waals surface area contributed by atoms with Crippen molar-refractivity contribution >= 4 is 41.9 Å². The Bertz CT molecular complexity index is 1780. The fourth-order valence-corrected chi connectivity index (χ4v) is 5.73. The van der Waals surface area contributed by atoms with Crippen LogP contribution in [0, 0.1) is 0 Å². The second-order valence-electron chi connectivity index (χ2n) is 9.47. The summed E-state index contributed by atoms with van der Waals surface area (Å²) in [7, 11) is -4.96. The van der Waals surface area contributed by atoms with Crippen molar-refractivity contribution in [2.24, 2.45) is 0 Å². The van der Waals surface area contributed by atoms with E-state index in [9.17, 15) is 29.6 Å². The number of aromatic amines is 1. The number of nitrogens with zero attached hydrogens (tertiary/aromatic N) is 7. The van der Waals surface area contributed by atoms with Crippen LogP contribution in [0.3, 0.4) is 0 Å². The number of ether oxygens (including phenoxy) is 2. The third kappa shape index (κ3) is 4.73. The van der Waals surface area contributed by atoms with Gasteiger partial charge in [0.05, 0.1) is 25.9 Å². The average molecular weight is 608 g/mol. The van der Waals surface area contributed by atoms with Crippen molar-refractivity contribution in [3.05, 3.63) is 41.5 Å². The molecule has 0 bridgehead atoms. The highest BCUT2D eigenvalue weighted by atomic mass is 31.2. The van der Waals surface area contributed by atoms with Crippen LogP contribution in [0.1, 0.15) is 12.5 Å². The van der Waals surface area contributed by atoms with Crippen LogP contribution < -0.4 is 17.0 Å². The minimum absolute atomic E-state index is 0.0171. The van der Waals surface area contributed by atoms with E-state index in [1.165, 1.54) is 28.1 Å². The Balaban J connectivity index is 1.19. The Labute approximate surface area is 233 Å². The molecule has 6 rings (SSSR count). The molecule has 4 aromatic rings. The van der Waals surface area contributed by atoms with Gasteiger partial charge in [-0.25, -0.2) is 24.5 Å². The van der Waals surface area contributed by atoms with Crippen LogP contribution in [0.25, 0.3) is 22.3 Å². The minimum Gasteiger partial charge on any atom is -0.393 e. The number of H-pyrrole nitrogens is 1. The van der Waals surface area contributed by atoms with Gasteiger partial charge in [0.2, 0.25) is 5.95 Å². The molecular weight excluding hydrogens is 583 g/mol. The second kappa shape index (κ2) is 10.5. The number of nitrogens with one attached hydrogen (secondary N) is 1. The molecule has 0 saturated carbocycles. The predicted molar refractivity (Wildman–Crippen MR) is 139 cm³/mol. The summed E-state index contributed by atoms with van der Waals surface area (Å²) in [5.74, 6) is -0.118. The van der Waals surface area contributed by atoms with Crippen molar-refractivity contribution < 1.29 is 43.3 Å². The number of fused-ring (bicyclic) bond motifs is 2. The zero-order valence-corrected chi connectivity index (χ0v) is 22.3. The Morgan fingerprint density at radius 3 is 2.50 bits per heavy atom. The fraction of sp³-hybridized carbons (Fsp3) is 0.429. The van der Waals surface area contributed by atoms with Crippen LogP contribution in [-0.2, 0) is 23.1 Å². The van der Waals surface area contributed by atoms with Crippen LogP contribution in [0.4, 0.5) is 11.8 Å². The van der Waals surface area contributed by atoms with E-state index in [0.717, 1.165) is 0 Å². The first-order valence-corrected chi connectivity index (χ1v) is 13.8. The number of rotatable bonds is 8. The minimum atomic E-state index is -4.96. The van der Waals surface area contributed by atoms with Crippen LogP contribution >= 0.6 is 7.82 Å². The molecule has 0 aromatic carbocycles. The highest BCUT2D eigenvalue weighted by Crippen LogP contribution is 2.51. The number of phosphoric acid groups is 1. The third-order valence-corrected chi connectivity index (χ3v) is 7.85. The van der Waals surface area contributed by atoms with Crippen molar-refractivity contribution in [1.29, 1.82) is 0 Å². The first-order valence-electron chi connectivity index (χ1n) is 12.3. The summed E-state index contributed by atoms with van der Waals surface area (Å²) in [4.78, 5) is 45.2. The molecule has 2 fully saturated rings. The number of nitrogens with two attached hydrogens (primary N) is 2. The molecule has 42 heavy (non-hydrogen) atoms. The molecule has 0 amide bonds. The maximum atomic E-state index is 13.1. The van der Waals surface area contributed by atoms with Crippen LogP contribution in [0.2, 0.25) is 0 Å². The van der Waals surface area contributed by atoms with Crippen molar-refractivity contribution in [2.75, 3.05) is 24.7 Å². The monoisotopic (exact) mass is 608 g/mol. The summed E-state index contributed by atoms with van der Waals surface area (Å²) >= 11 is 0. The van der Waals surface area contributed by atoms with Gasteiger partial charge in [0.15, 0.2) is 35.1 Å². The van der Waals surface area contributed by atoms with Gasteiger partial charge in [-0.15, -0.1) is 0 Å². The lowest BCUT2D eigenvalue weighted by molar-refractivity contribution is -0.0615. The lowest BCUT2D eigenvalue weighted by atomic mass is 10.1. The molecule has 0 aliphatic carbocycles. The SMILES string of the molecule is C=C1[C@@H](OP(=O)(O)OC[C@H]2O[C@@H](n3cnc4c(N)ncnc43)[C@H](O)[C@@H]2O)[C@H](n2cnc3c(=O)[nH]c(N)nc32)O[C@@H]1CO. The Morgan fingerprint density at radius 1 is 1.05 bits per heavy atom. The highest BCUT2D eigenvalue weighted by Gasteiger charge is 2.48. The van der Waals surface area contributed by atoms with Crippen molar-refractivity contribution in [3.8, 4) is 0 Å². The van der Waals surface area contributed by atoms with Gasteiger partial charge in [-0.05, 0) is 5.57 Å². The van der Waals surface area contributed by atoms with Crippen LogP contribution in [0.15, 0.2) is 35.9 Å². The largest absolute Gasteiger partial charge is 0.473 e. The number of imidazole rings is 2. The summed E-state index contributed by atoms with van der Waals surface area (Å²) in [6.45, 7) is 2.57. The van der Waals surface area contributed by atoms with Crippen LogP contribution in [-0.4, -0.2) is 103 Å². The third-order valence-electron chi connectivity index (χ3n) is 6.88. The number of anilines is 2. The molecule has 2 saturated heterocycles. The summed E-state index contributed by atoms with van der Waals surface area (Å²) in [5.41, 5.74) is 11.3. The van der Waals surface area contributed by atoms with Gasteiger partial charge < -0.3 is 41.2 Å². The Hall–Kier alpha value is -3.85. The van der Waals surface area contributed by atoms with Gasteiger partial charge in [0.25, 0.3) is 5.56 Å². The zero-order chi connectivity index (χ0) is 29.9. The van der Waals surface area contributed by atoms with Gasteiger partial charge in [-0.3, -0.25) is 28.0 Å². The summed E-state index contributed by atoms with van der Waals surface area (Å²) in [6.07, 6.45) is -5.53. The molecule has 9 N–H and O–H groups in total. The average Bonchev–Trinajstić information content (AvgIpc) is 3.69. The van der Waals surface area contributed by atoms with Gasteiger partial charge in [-0.1, -0.05) is 6.58 Å². The number of phosphoric ester groups is 1. The first kappa shape index (κ1) is 28.3. The number of aliphatic hydroxyl groups excluding tert-OH is 3. The van der Waals surface area contributed by atoms with E-state index in [-0.39, 0.29) is 39.7 Å². The molecule has 2 aliphatic heterocycles. The molecule has 0 spiro atoms. The lowest BCUT2D eigenvalue weighted by Crippen LogP contribution is -2.33. The molecule has 1 unspecified atom stereocenters. The molecule has 6 heterocycles. The molecule has 4 aromatic heterocycles. The summed E-state index contributed by atoms with van der Waals surface area (Å²) < 4.78 is 37.6. The zero-order valence-electron chi connectivity index (χ0n) is 21.4. The number of aromatic nitrogens is 8. The predicted octanol–water partition coefficient (Wildman–Crippen LogP) is -2.31. The van der Waals surface area contributed by atoms with Crippen molar-refractivity contribution in [2.45, 2.75) is 43.0 Å². The maximum Gasteiger partial charge on any atom is 0.473 e. The van der Waals surface area contributed by atoms with Gasteiger partial charge in [-0.2, -0.15) is 4.98 Å². The second-order valence-corrected chi connectivity index (χ2v) is 10.9. The molecule has 8 atom stereocenters. The Morgan fingerprint density at radius 2 is 1.76 bits per heavy atom. The van der Waals surface area contributed by atoms with Crippen molar-refractivity contribution in [1.82, 2.24) is 39.0 Å². The van der Waals surface area contributed by atoms with Gasteiger partial charge in [0.1, 0.15) is 42.4 Å². The summed E-state index contributed by atoms with van der Waals surface area (Å²) in [5, 5.41) is 31.0. The molecule has 0 radical (unpaired) electrons. The quantitative estimate of drug-likeness (QED) is 0.0816. The molecule has 224 valence electrons. The number of hydrogen-bond donors (Lipinski definition) is 7. The van der Waals surface area contributed by atoms with E-state index in [1.54, 1.807) is 0 Å². The molecule has 21 heteroatoms. The van der Waals surface area contributed by atoms with Crippen molar-refractivity contribution in [3.63, 3.8) is 0 Å². The Kier molecular flexibility index (Phi) is 7.04. The van der Waals surface area contributed by atoms with Gasteiger partial charge >= 0.3 is 7.82 Å². The standard InChI is InChI=1S/C21H25N10O10P/c1-7-8(2-32)39-20(31-6-27-11-17(31)28-21(23)29-18(11)35)14(7)41-42(36,37)38-3-9-12(33)13(34)19(40-9)30-5-26-10-15(22)24-4-25-16(10)30/h4-6,8-9,12-14,19-20,32-34H,1-3H2,(H,36,37)(H2,22,24,25)(H3,23,28,29,35)/t8-,9-,12-,13-,14-,19-,20-/m1/s1. The number of nitrogen functional groups attached to an aromatic ring is 2. The highest BCUT2D eigenvalue weighted by molar-refractivity contribution is 7.47. The summed E-state index contributed by atoms with van der Waals surface area (Å²) in [6, 6.07) is 0. The fourth-order valence-electron chi connectivity index (χ4n) is 4.81. The number of aliphatic hydroxyl groups is 3. The smallest absolute Gasteiger partial charge is 0.393 e. The van der Waals surface area contributed by atoms with E-state index in [0.29, 0.717) is 0 Å². The van der Waals surface area contributed by atoms with E-state index < -0.39 is 69.6 Å². The molecule has 2 aliphatic rings. The lowest BCUT2D eigenvalue weighted by Gasteiger charge is -2.24. The van der Waals surface area contributed by atoms with Crippen LogP contribution in [0.5, 0.6) is 0 Å². The molecular formula is C21H25N10O10P. The van der Waals surface area contributed by atoms with E-state index in [1.807, 2.05) is 0 Å². The first-order chi connectivity index (χ1) is 20.0. The maximum absolute atomic E-state index is 13.1. The normalized spacial score (nSPS) is 29.5. The van der Waals surface area contributed by atoms with Gasteiger partial charge in [0, 0.05) is 0 Å². The van der Waals surface area contributed by atoms with E-state index in [4.69, 9.17) is 30.0 Å². The topological polar surface area (TPSA) is 294 Å². The van der Waals surface area contributed by atoms with E-state index in [2.05, 4.69) is 36.5 Å². The molecule has 20 nitrogen and oxygen atoms in total. The van der Waals surface area contributed by atoms with E-state index >= 15 is 0 Å².